The Hall–Kier alpha value is -3.61. The molecule has 1 aliphatic rings. The summed E-state index contributed by atoms with van der Waals surface area (Å²) in [7, 11) is 1.57. The third kappa shape index (κ3) is 3.03. The second-order valence-corrected chi connectivity index (χ2v) is 7.95. The van der Waals surface area contributed by atoms with Gasteiger partial charge in [-0.05, 0) is 56.5 Å². The van der Waals surface area contributed by atoms with Gasteiger partial charge in [-0.2, -0.15) is 0 Å². The van der Waals surface area contributed by atoms with Crippen LogP contribution in [0.4, 0.5) is 11.4 Å². The molecule has 2 aromatic heterocycles. The van der Waals surface area contributed by atoms with Gasteiger partial charge < -0.3 is 5.32 Å². The predicted octanol–water partition coefficient (Wildman–Crippen LogP) is 3.47. The molecule has 0 radical (unpaired) electrons. The first-order valence-electron chi connectivity index (χ1n) is 9.71. The van der Waals surface area contributed by atoms with Crippen LogP contribution in [0, 0.1) is 13.8 Å². The van der Waals surface area contributed by atoms with Crippen LogP contribution < -0.4 is 10.2 Å². The van der Waals surface area contributed by atoms with E-state index in [9.17, 15) is 9.59 Å². The van der Waals surface area contributed by atoms with Crippen LogP contribution in [-0.4, -0.2) is 33.8 Å². The van der Waals surface area contributed by atoms with Gasteiger partial charge in [0.2, 0.25) is 5.91 Å². The Labute approximate surface area is 175 Å². The predicted molar refractivity (Wildman–Crippen MR) is 115 cm³/mol. The lowest BCUT2D eigenvalue weighted by atomic mass is 9.85. The van der Waals surface area contributed by atoms with Crippen LogP contribution in [0.3, 0.4) is 0 Å². The maximum Gasteiger partial charge on any atom is 0.269 e. The number of hydrogen-bond acceptors (Lipinski definition) is 5. The molecular weight excluding hydrogens is 378 g/mol. The molecule has 0 saturated carbocycles. The number of hydrogen-bond donors (Lipinski definition) is 1. The van der Waals surface area contributed by atoms with E-state index in [2.05, 4.69) is 20.3 Å². The van der Waals surface area contributed by atoms with Crippen LogP contribution in [0.25, 0.3) is 11.1 Å². The highest BCUT2D eigenvalue weighted by molar-refractivity contribution is 6.13. The number of amides is 2. The molecule has 7 nitrogen and oxygen atoms in total. The van der Waals surface area contributed by atoms with Crippen LogP contribution in [0.5, 0.6) is 0 Å². The average Bonchev–Trinajstić information content (AvgIpc) is 2.93. The lowest BCUT2D eigenvalue weighted by Gasteiger charge is -2.21. The maximum atomic E-state index is 13.4. The lowest BCUT2D eigenvalue weighted by molar-refractivity contribution is -0.121. The fraction of sp³-hybridized carbons (Fsp3) is 0.261. The fourth-order valence-corrected chi connectivity index (χ4v) is 3.77. The molecule has 152 valence electrons. The van der Waals surface area contributed by atoms with Gasteiger partial charge in [0.25, 0.3) is 5.91 Å². The summed E-state index contributed by atoms with van der Waals surface area (Å²) in [6, 6.07) is 7.78. The minimum Gasteiger partial charge on any atom is -0.354 e. The van der Waals surface area contributed by atoms with E-state index in [1.54, 1.807) is 30.5 Å². The van der Waals surface area contributed by atoms with Gasteiger partial charge in [-0.3, -0.25) is 14.5 Å². The number of benzene rings is 1. The lowest BCUT2D eigenvalue weighted by Crippen LogP contribution is -2.33. The first-order chi connectivity index (χ1) is 14.2. The molecular formula is C23H23N5O2. The van der Waals surface area contributed by atoms with Gasteiger partial charge >= 0.3 is 0 Å². The van der Waals surface area contributed by atoms with Gasteiger partial charge in [-0.25, -0.2) is 15.0 Å². The molecule has 1 aliphatic heterocycles. The molecule has 3 heterocycles. The van der Waals surface area contributed by atoms with Crippen molar-refractivity contribution in [1.29, 1.82) is 0 Å². The summed E-state index contributed by atoms with van der Waals surface area (Å²) in [5.74, 6) is 0.411. The van der Waals surface area contributed by atoms with Crippen molar-refractivity contribution in [3.63, 3.8) is 0 Å². The van der Waals surface area contributed by atoms with Crippen molar-refractivity contribution in [2.45, 2.75) is 33.1 Å². The summed E-state index contributed by atoms with van der Waals surface area (Å²) in [5.41, 5.74) is 4.56. The number of pyridine rings is 1. The fourth-order valence-electron chi connectivity index (χ4n) is 3.77. The topological polar surface area (TPSA) is 88.1 Å². The maximum absolute atomic E-state index is 13.4. The van der Waals surface area contributed by atoms with Gasteiger partial charge in [0.05, 0.1) is 23.0 Å². The molecule has 3 aromatic rings. The number of rotatable bonds is 3. The molecule has 0 aliphatic carbocycles. The van der Waals surface area contributed by atoms with E-state index in [4.69, 9.17) is 0 Å². The number of nitrogens with one attached hydrogen (secondary N) is 1. The molecule has 2 amide bonds. The number of anilines is 2. The summed E-state index contributed by atoms with van der Waals surface area (Å²) >= 11 is 0. The van der Waals surface area contributed by atoms with Gasteiger partial charge in [0.15, 0.2) is 0 Å². The Bertz CT molecular complexity index is 1170. The van der Waals surface area contributed by atoms with E-state index >= 15 is 0 Å². The van der Waals surface area contributed by atoms with E-state index in [1.807, 2.05) is 52.0 Å². The van der Waals surface area contributed by atoms with Crippen molar-refractivity contribution in [1.82, 2.24) is 20.3 Å². The molecule has 0 fully saturated rings. The van der Waals surface area contributed by atoms with E-state index in [-0.39, 0.29) is 11.8 Å². The third-order valence-corrected chi connectivity index (χ3v) is 5.53. The minimum absolute atomic E-state index is 0.0382. The van der Waals surface area contributed by atoms with Crippen molar-refractivity contribution in [3.05, 3.63) is 65.5 Å². The zero-order chi connectivity index (χ0) is 21.6. The highest BCUT2D eigenvalue weighted by Crippen LogP contribution is 2.46. The van der Waals surface area contributed by atoms with Crippen molar-refractivity contribution in [2.75, 3.05) is 11.9 Å². The summed E-state index contributed by atoms with van der Waals surface area (Å²) in [4.78, 5) is 39.9. The summed E-state index contributed by atoms with van der Waals surface area (Å²) in [6.45, 7) is 7.49. The highest BCUT2D eigenvalue weighted by Gasteiger charge is 2.44. The zero-order valence-electron chi connectivity index (χ0n) is 17.6. The number of aryl methyl sites for hydroxylation is 2. The van der Waals surface area contributed by atoms with E-state index in [1.165, 1.54) is 0 Å². The largest absolute Gasteiger partial charge is 0.354 e. The van der Waals surface area contributed by atoms with Crippen LogP contribution in [0.1, 0.15) is 41.3 Å². The Kier molecular flexibility index (Phi) is 4.61. The number of fused-ring (bicyclic) bond motifs is 1. The van der Waals surface area contributed by atoms with Crippen molar-refractivity contribution in [2.24, 2.45) is 0 Å². The normalized spacial score (nSPS) is 14.6. The molecule has 0 bridgehead atoms. The molecule has 30 heavy (non-hydrogen) atoms. The van der Waals surface area contributed by atoms with Crippen molar-refractivity contribution < 1.29 is 9.59 Å². The van der Waals surface area contributed by atoms with E-state index in [0.29, 0.717) is 22.8 Å². The molecule has 1 aromatic carbocycles. The van der Waals surface area contributed by atoms with Gasteiger partial charge in [0, 0.05) is 25.0 Å². The van der Waals surface area contributed by atoms with Gasteiger partial charge in [-0.1, -0.05) is 12.1 Å². The molecule has 0 atom stereocenters. The molecule has 0 unspecified atom stereocenters. The number of carbonyl (C=O) groups excluding carboxylic acids is 2. The van der Waals surface area contributed by atoms with Crippen LogP contribution in [-0.2, 0) is 10.2 Å². The number of nitrogens with zero attached hydrogens (tertiary/aromatic N) is 4. The monoisotopic (exact) mass is 401 g/mol. The summed E-state index contributed by atoms with van der Waals surface area (Å²) in [5, 5.41) is 2.58. The number of carbonyl (C=O) groups is 2. The SMILES string of the molecule is CNC(=O)c1ncc(N2C(=O)C(C)(C)c3ccc(-c4cnc(C)nc4)cc32)cc1C. The Balaban J connectivity index is 1.84. The summed E-state index contributed by atoms with van der Waals surface area (Å²) < 4.78 is 0. The van der Waals surface area contributed by atoms with Crippen molar-refractivity contribution in [3.8, 4) is 11.1 Å². The third-order valence-electron chi connectivity index (χ3n) is 5.53. The van der Waals surface area contributed by atoms with Crippen LogP contribution >= 0.6 is 0 Å². The zero-order valence-corrected chi connectivity index (χ0v) is 17.6. The Morgan fingerprint density at radius 3 is 2.33 bits per heavy atom. The highest BCUT2D eigenvalue weighted by atomic mass is 16.2. The Morgan fingerprint density at radius 1 is 1.00 bits per heavy atom. The van der Waals surface area contributed by atoms with Gasteiger partial charge in [0.1, 0.15) is 11.5 Å². The molecule has 0 spiro atoms. The van der Waals surface area contributed by atoms with E-state index in [0.717, 1.165) is 22.4 Å². The first kappa shape index (κ1) is 19.7. The molecule has 7 heteroatoms. The Morgan fingerprint density at radius 2 is 1.70 bits per heavy atom. The first-order valence-corrected chi connectivity index (χ1v) is 9.71. The quantitative estimate of drug-likeness (QED) is 0.726. The number of aromatic nitrogens is 3. The molecule has 4 rings (SSSR count). The summed E-state index contributed by atoms with van der Waals surface area (Å²) in [6.07, 6.45) is 5.13. The van der Waals surface area contributed by atoms with Gasteiger partial charge in [-0.15, -0.1) is 0 Å². The average molecular weight is 401 g/mol. The second kappa shape index (κ2) is 7.02. The van der Waals surface area contributed by atoms with E-state index < -0.39 is 5.41 Å². The van der Waals surface area contributed by atoms with Crippen molar-refractivity contribution >= 4 is 23.2 Å². The standard InChI is InChI=1S/C23H23N5O2/c1-13-8-17(12-27-20(13)21(29)24-5)28-19-9-15(16-10-25-14(2)26-11-16)6-7-18(19)23(3,4)22(28)30/h6-12H,1-5H3,(H,24,29). The second-order valence-electron chi connectivity index (χ2n) is 7.95. The molecule has 0 saturated heterocycles. The van der Waals surface area contributed by atoms with Crippen LogP contribution in [0.15, 0.2) is 42.9 Å². The smallest absolute Gasteiger partial charge is 0.269 e. The minimum atomic E-state index is -0.676. The molecule has 1 N–H and O–H groups in total. The van der Waals surface area contributed by atoms with Crippen LogP contribution in [0.2, 0.25) is 0 Å².